The van der Waals surface area contributed by atoms with Crippen molar-refractivity contribution in [2.75, 3.05) is 11.9 Å². The van der Waals surface area contributed by atoms with Crippen LogP contribution in [-0.4, -0.2) is 16.5 Å². The van der Waals surface area contributed by atoms with Gasteiger partial charge in [-0.25, -0.2) is 9.97 Å². The van der Waals surface area contributed by atoms with Crippen LogP contribution in [0.25, 0.3) is 11.3 Å². The first-order valence-corrected chi connectivity index (χ1v) is 8.37. The van der Waals surface area contributed by atoms with Crippen LogP contribution in [0.4, 0.5) is 5.82 Å². The number of halogens is 1. The first-order chi connectivity index (χ1) is 10.2. The Bertz CT molecular complexity index is 580. The molecule has 4 heteroatoms. The van der Waals surface area contributed by atoms with Crippen molar-refractivity contribution >= 4 is 21.7 Å². The number of nitrogens with zero attached hydrogens (tertiary/aromatic N) is 2. The van der Waals surface area contributed by atoms with Crippen LogP contribution in [0.15, 0.2) is 34.8 Å². The fourth-order valence-corrected chi connectivity index (χ4v) is 2.92. The Morgan fingerprint density at radius 3 is 2.29 bits per heavy atom. The number of nitrogens with one attached hydrogen (secondary N) is 1. The molecule has 2 aromatic rings. The normalized spacial score (nSPS) is 10.9. The summed E-state index contributed by atoms with van der Waals surface area (Å²) in [6, 6.07) is 10.3. The van der Waals surface area contributed by atoms with Gasteiger partial charge in [0.25, 0.3) is 0 Å². The van der Waals surface area contributed by atoms with E-state index in [0.29, 0.717) is 5.92 Å². The Morgan fingerprint density at radius 2 is 1.71 bits per heavy atom. The highest BCUT2D eigenvalue weighted by molar-refractivity contribution is 9.10. The standard InChI is InChI=1S/C17H22BrN3/c1-4-12(5-2)16-20-15(13-10-8-7-9-11-13)14(18)17(21-16)19-6-3/h7-12H,4-6H2,1-3H3,(H,19,20,21). The molecule has 1 heterocycles. The molecule has 0 atom stereocenters. The van der Waals surface area contributed by atoms with E-state index in [4.69, 9.17) is 9.97 Å². The molecular formula is C17H22BrN3. The quantitative estimate of drug-likeness (QED) is 0.776. The molecule has 0 saturated heterocycles. The monoisotopic (exact) mass is 347 g/mol. The number of anilines is 1. The first kappa shape index (κ1) is 16.0. The largest absolute Gasteiger partial charge is 0.369 e. The van der Waals surface area contributed by atoms with Crippen molar-refractivity contribution < 1.29 is 0 Å². The predicted molar refractivity (Wildman–Crippen MR) is 92.7 cm³/mol. The minimum absolute atomic E-state index is 0.401. The number of rotatable bonds is 6. The maximum Gasteiger partial charge on any atom is 0.144 e. The van der Waals surface area contributed by atoms with Crippen molar-refractivity contribution in [1.82, 2.24) is 9.97 Å². The SMILES string of the molecule is CCNc1nc(C(CC)CC)nc(-c2ccccc2)c1Br. The summed E-state index contributed by atoms with van der Waals surface area (Å²) in [6.45, 7) is 7.29. The summed E-state index contributed by atoms with van der Waals surface area (Å²) in [7, 11) is 0. The van der Waals surface area contributed by atoms with Gasteiger partial charge in [-0.05, 0) is 35.7 Å². The highest BCUT2D eigenvalue weighted by Gasteiger charge is 2.17. The van der Waals surface area contributed by atoms with Crippen LogP contribution in [0, 0.1) is 0 Å². The molecule has 1 aromatic carbocycles. The van der Waals surface area contributed by atoms with Crippen molar-refractivity contribution in [3.63, 3.8) is 0 Å². The summed E-state index contributed by atoms with van der Waals surface area (Å²) in [5.74, 6) is 2.21. The summed E-state index contributed by atoms with van der Waals surface area (Å²) < 4.78 is 0.935. The summed E-state index contributed by atoms with van der Waals surface area (Å²) in [6.07, 6.45) is 2.11. The molecule has 0 saturated carbocycles. The van der Waals surface area contributed by atoms with Gasteiger partial charge in [0.15, 0.2) is 0 Å². The Balaban J connectivity index is 2.57. The lowest BCUT2D eigenvalue weighted by Crippen LogP contribution is -2.09. The van der Waals surface area contributed by atoms with Crippen LogP contribution in [0.1, 0.15) is 45.4 Å². The van der Waals surface area contributed by atoms with Crippen molar-refractivity contribution in [1.29, 1.82) is 0 Å². The average molecular weight is 348 g/mol. The van der Waals surface area contributed by atoms with Gasteiger partial charge >= 0.3 is 0 Å². The predicted octanol–water partition coefficient (Wildman–Crippen LogP) is 5.24. The highest BCUT2D eigenvalue weighted by Crippen LogP contribution is 2.33. The number of hydrogen-bond acceptors (Lipinski definition) is 3. The zero-order chi connectivity index (χ0) is 15.2. The first-order valence-electron chi connectivity index (χ1n) is 7.57. The van der Waals surface area contributed by atoms with Gasteiger partial charge in [0, 0.05) is 18.0 Å². The van der Waals surface area contributed by atoms with E-state index in [0.717, 1.165) is 46.8 Å². The Morgan fingerprint density at radius 1 is 1.05 bits per heavy atom. The topological polar surface area (TPSA) is 37.8 Å². The van der Waals surface area contributed by atoms with E-state index in [2.05, 4.69) is 54.2 Å². The van der Waals surface area contributed by atoms with Gasteiger partial charge in [-0.1, -0.05) is 44.2 Å². The second kappa shape index (κ2) is 7.55. The average Bonchev–Trinajstić information content (AvgIpc) is 2.52. The lowest BCUT2D eigenvalue weighted by Gasteiger charge is -2.16. The Kier molecular flexibility index (Phi) is 5.74. The molecule has 2 rings (SSSR count). The molecule has 0 aliphatic carbocycles. The maximum absolute atomic E-state index is 4.83. The molecule has 0 fully saturated rings. The molecule has 1 aromatic heterocycles. The molecule has 0 amide bonds. The van der Waals surface area contributed by atoms with Crippen molar-refractivity contribution in [3.8, 4) is 11.3 Å². The van der Waals surface area contributed by atoms with Crippen LogP contribution < -0.4 is 5.32 Å². The summed E-state index contributed by atoms with van der Waals surface area (Å²) in [5.41, 5.74) is 2.07. The van der Waals surface area contributed by atoms with E-state index in [1.165, 1.54) is 0 Å². The molecule has 112 valence electrons. The van der Waals surface area contributed by atoms with Crippen LogP contribution in [-0.2, 0) is 0 Å². The van der Waals surface area contributed by atoms with Gasteiger partial charge in [-0.3, -0.25) is 0 Å². The zero-order valence-electron chi connectivity index (χ0n) is 12.9. The number of aromatic nitrogens is 2. The molecule has 0 aliphatic rings. The lowest BCUT2D eigenvalue weighted by atomic mass is 10.0. The van der Waals surface area contributed by atoms with E-state index in [-0.39, 0.29) is 0 Å². The highest BCUT2D eigenvalue weighted by atomic mass is 79.9. The smallest absolute Gasteiger partial charge is 0.144 e. The summed E-state index contributed by atoms with van der Waals surface area (Å²) in [5, 5.41) is 3.33. The summed E-state index contributed by atoms with van der Waals surface area (Å²) >= 11 is 3.66. The third kappa shape index (κ3) is 3.62. The minimum Gasteiger partial charge on any atom is -0.369 e. The third-order valence-electron chi connectivity index (χ3n) is 3.61. The molecule has 0 radical (unpaired) electrons. The van der Waals surface area contributed by atoms with E-state index in [1.807, 2.05) is 18.2 Å². The van der Waals surface area contributed by atoms with Crippen molar-refractivity contribution in [2.45, 2.75) is 39.5 Å². The van der Waals surface area contributed by atoms with E-state index >= 15 is 0 Å². The molecule has 0 unspecified atom stereocenters. The minimum atomic E-state index is 0.401. The molecular weight excluding hydrogens is 326 g/mol. The lowest BCUT2D eigenvalue weighted by molar-refractivity contribution is 0.602. The van der Waals surface area contributed by atoms with Gasteiger partial charge in [0.05, 0.1) is 10.2 Å². The van der Waals surface area contributed by atoms with Crippen molar-refractivity contribution in [3.05, 3.63) is 40.6 Å². The molecule has 0 aliphatic heterocycles. The van der Waals surface area contributed by atoms with Gasteiger partial charge in [0.2, 0.25) is 0 Å². The van der Waals surface area contributed by atoms with Crippen LogP contribution in [0.5, 0.6) is 0 Å². The van der Waals surface area contributed by atoms with Gasteiger partial charge in [-0.15, -0.1) is 0 Å². The molecule has 0 spiro atoms. The second-order valence-corrected chi connectivity index (χ2v) is 5.80. The Hall–Kier alpha value is -1.42. The number of benzene rings is 1. The fourth-order valence-electron chi connectivity index (χ4n) is 2.37. The Labute approximate surface area is 135 Å². The maximum atomic E-state index is 4.83. The second-order valence-electron chi connectivity index (χ2n) is 5.00. The van der Waals surface area contributed by atoms with E-state index < -0.39 is 0 Å². The van der Waals surface area contributed by atoms with E-state index in [1.54, 1.807) is 0 Å². The zero-order valence-corrected chi connectivity index (χ0v) is 14.4. The van der Waals surface area contributed by atoms with Gasteiger partial charge in [0.1, 0.15) is 11.6 Å². The van der Waals surface area contributed by atoms with Crippen LogP contribution in [0.3, 0.4) is 0 Å². The third-order valence-corrected chi connectivity index (χ3v) is 4.36. The van der Waals surface area contributed by atoms with Crippen LogP contribution >= 0.6 is 15.9 Å². The molecule has 1 N–H and O–H groups in total. The molecule has 21 heavy (non-hydrogen) atoms. The van der Waals surface area contributed by atoms with Crippen molar-refractivity contribution in [2.24, 2.45) is 0 Å². The fraction of sp³-hybridized carbons (Fsp3) is 0.412. The number of hydrogen-bond donors (Lipinski definition) is 1. The molecule has 0 bridgehead atoms. The van der Waals surface area contributed by atoms with Crippen LogP contribution in [0.2, 0.25) is 0 Å². The van der Waals surface area contributed by atoms with E-state index in [9.17, 15) is 0 Å². The van der Waals surface area contributed by atoms with Gasteiger partial charge < -0.3 is 5.32 Å². The van der Waals surface area contributed by atoms with Gasteiger partial charge in [-0.2, -0.15) is 0 Å². The molecule has 3 nitrogen and oxygen atoms in total. The summed E-state index contributed by atoms with van der Waals surface area (Å²) in [4.78, 5) is 9.55.